The molecular weight excluding hydrogens is 220 g/mol. The summed E-state index contributed by atoms with van der Waals surface area (Å²) in [7, 11) is 0. The molecule has 0 fully saturated rings. The Morgan fingerprint density at radius 2 is 2.00 bits per heavy atom. The van der Waals surface area contributed by atoms with Crippen LogP contribution in [0.1, 0.15) is 25.3 Å². The van der Waals surface area contributed by atoms with Gasteiger partial charge in [-0.25, -0.2) is 8.78 Å². The van der Waals surface area contributed by atoms with Gasteiger partial charge in [-0.2, -0.15) is 0 Å². The zero-order valence-electron chi connectivity index (χ0n) is 10.2. The van der Waals surface area contributed by atoms with E-state index in [1.54, 1.807) is 6.08 Å². The second-order valence-corrected chi connectivity index (χ2v) is 4.08. The van der Waals surface area contributed by atoms with Crippen molar-refractivity contribution in [2.75, 3.05) is 6.54 Å². The monoisotopic (exact) mass is 239 g/mol. The summed E-state index contributed by atoms with van der Waals surface area (Å²) in [5, 5.41) is 3.27. The van der Waals surface area contributed by atoms with Gasteiger partial charge in [0.2, 0.25) is 0 Å². The van der Waals surface area contributed by atoms with E-state index in [1.807, 2.05) is 0 Å². The third-order valence-electron chi connectivity index (χ3n) is 2.65. The highest BCUT2D eigenvalue weighted by Crippen LogP contribution is 2.15. The van der Waals surface area contributed by atoms with Gasteiger partial charge in [-0.3, -0.25) is 0 Å². The van der Waals surface area contributed by atoms with E-state index in [2.05, 4.69) is 18.8 Å². The summed E-state index contributed by atoms with van der Waals surface area (Å²) < 4.78 is 27.0. The fourth-order valence-corrected chi connectivity index (χ4v) is 1.76. The highest BCUT2D eigenvalue weighted by Gasteiger charge is 2.14. The molecule has 1 nitrogen and oxygen atoms in total. The summed E-state index contributed by atoms with van der Waals surface area (Å²) in [4.78, 5) is 0. The van der Waals surface area contributed by atoms with E-state index in [1.165, 1.54) is 18.2 Å². The lowest BCUT2D eigenvalue weighted by Gasteiger charge is -2.17. The summed E-state index contributed by atoms with van der Waals surface area (Å²) in [6.45, 7) is 6.57. The first-order valence-corrected chi connectivity index (χ1v) is 5.96. The molecular formula is C14H19F2N. The largest absolute Gasteiger partial charge is 0.313 e. The van der Waals surface area contributed by atoms with Crippen LogP contribution in [-0.4, -0.2) is 12.6 Å². The van der Waals surface area contributed by atoms with Crippen LogP contribution in [0.15, 0.2) is 30.9 Å². The first-order chi connectivity index (χ1) is 8.19. The molecule has 1 unspecified atom stereocenters. The van der Waals surface area contributed by atoms with Crippen LogP contribution < -0.4 is 5.32 Å². The molecule has 17 heavy (non-hydrogen) atoms. The maximum Gasteiger partial charge on any atom is 0.129 e. The maximum absolute atomic E-state index is 13.5. The van der Waals surface area contributed by atoms with Gasteiger partial charge < -0.3 is 5.32 Å². The van der Waals surface area contributed by atoms with Crippen molar-refractivity contribution < 1.29 is 8.78 Å². The van der Waals surface area contributed by atoms with Gasteiger partial charge in [-0.1, -0.05) is 19.1 Å². The number of hydrogen-bond acceptors (Lipinski definition) is 1. The molecule has 0 aliphatic heterocycles. The summed E-state index contributed by atoms with van der Waals surface area (Å²) in [5.74, 6) is -0.949. The Morgan fingerprint density at radius 1 is 1.35 bits per heavy atom. The molecule has 1 aromatic carbocycles. The SMILES string of the molecule is C=CCC(Cc1c(F)cccc1F)NCCC. The highest BCUT2D eigenvalue weighted by atomic mass is 19.1. The average Bonchev–Trinajstić information content (AvgIpc) is 2.31. The average molecular weight is 239 g/mol. The molecule has 0 amide bonds. The molecule has 0 saturated carbocycles. The van der Waals surface area contributed by atoms with Crippen LogP contribution in [0.25, 0.3) is 0 Å². The predicted octanol–water partition coefficient (Wildman–Crippen LogP) is 3.45. The van der Waals surface area contributed by atoms with Crippen molar-refractivity contribution in [1.82, 2.24) is 5.32 Å². The van der Waals surface area contributed by atoms with Crippen LogP contribution in [0.2, 0.25) is 0 Å². The molecule has 0 aliphatic carbocycles. The zero-order valence-corrected chi connectivity index (χ0v) is 10.2. The summed E-state index contributed by atoms with van der Waals surface area (Å²) in [5.41, 5.74) is 0.156. The molecule has 94 valence electrons. The molecule has 3 heteroatoms. The molecule has 0 heterocycles. The van der Waals surface area contributed by atoms with Gasteiger partial charge in [0.25, 0.3) is 0 Å². The molecule has 0 spiro atoms. The van der Waals surface area contributed by atoms with E-state index < -0.39 is 11.6 Å². The van der Waals surface area contributed by atoms with Gasteiger partial charge in [0.15, 0.2) is 0 Å². The first-order valence-electron chi connectivity index (χ1n) is 5.96. The van der Waals surface area contributed by atoms with Crippen molar-refractivity contribution in [3.05, 3.63) is 48.1 Å². The molecule has 0 aromatic heterocycles. The van der Waals surface area contributed by atoms with Crippen molar-refractivity contribution in [2.45, 2.75) is 32.2 Å². The number of nitrogens with one attached hydrogen (secondary N) is 1. The maximum atomic E-state index is 13.5. The Labute approximate surface area is 102 Å². The minimum atomic E-state index is -0.475. The smallest absolute Gasteiger partial charge is 0.129 e. The van der Waals surface area contributed by atoms with Crippen molar-refractivity contribution in [3.63, 3.8) is 0 Å². The van der Waals surface area contributed by atoms with E-state index >= 15 is 0 Å². The highest BCUT2D eigenvalue weighted by molar-refractivity contribution is 5.20. The molecule has 0 saturated heterocycles. The minimum absolute atomic E-state index is 0.0406. The van der Waals surface area contributed by atoms with Gasteiger partial charge >= 0.3 is 0 Å². The fourth-order valence-electron chi connectivity index (χ4n) is 1.76. The third-order valence-corrected chi connectivity index (χ3v) is 2.65. The van der Waals surface area contributed by atoms with Gasteiger partial charge in [0.05, 0.1) is 0 Å². The minimum Gasteiger partial charge on any atom is -0.313 e. The van der Waals surface area contributed by atoms with Crippen molar-refractivity contribution in [2.24, 2.45) is 0 Å². The zero-order chi connectivity index (χ0) is 12.7. The van der Waals surface area contributed by atoms with Crippen LogP contribution in [0.4, 0.5) is 8.78 Å². The summed E-state index contributed by atoms with van der Waals surface area (Å²) in [6, 6.07) is 4.02. The van der Waals surface area contributed by atoms with E-state index in [4.69, 9.17) is 0 Å². The lowest BCUT2D eigenvalue weighted by Crippen LogP contribution is -2.31. The number of hydrogen-bond donors (Lipinski definition) is 1. The molecule has 0 bridgehead atoms. The predicted molar refractivity (Wildman–Crippen MR) is 67.0 cm³/mol. The van der Waals surface area contributed by atoms with Gasteiger partial charge in [0, 0.05) is 11.6 Å². The Kier molecular flexibility index (Phi) is 5.84. The Bertz CT molecular complexity index is 343. The molecule has 0 aliphatic rings. The molecule has 0 radical (unpaired) electrons. The van der Waals surface area contributed by atoms with Crippen LogP contribution in [0.3, 0.4) is 0 Å². The molecule has 1 rings (SSSR count). The standard InChI is InChI=1S/C14H19F2N/c1-3-6-11(17-9-4-2)10-12-13(15)7-5-8-14(12)16/h3,5,7-8,11,17H,1,4,6,9-10H2,2H3. The van der Waals surface area contributed by atoms with Crippen molar-refractivity contribution in [3.8, 4) is 0 Å². The van der Waals surface area contributed by atoms with Crippen LogP contribution in [0.5, 0.6) is 0 Å². The van der Waals surface area contributed by atoms with E-state index in [0.717, 1.165) is 13.0 Å². The topological polar surface area (TPSA) is 12.0 Å². The molecule has 1 N–H and O–H groups in total. The molecule has 1 aromatic rings. The van der Waals surface area contributed by atoms with Gasteiger partial charge in [-0.05, 0) is 37.9 Å². The second-order valence-electron chi connectivity index (χ2n) is 4.08. The summed E-state index contributed by atoms with van der Waals surface area (Å²) in [6.07, 6.45) is 3.82. The Morgan fingerprint density at radius 3 is 2.53 bits per heavy atom. The first kappa shape index (κ1) is 13.8. The molecule has 1 atom stereocenters. The van der Waals surface area contributed by atoms with Gasteiger partial charge in [0.1, 0.15) is 11.6 Å². The lowest BCUT2D eigenvalue weighted by molar-refractivity contribution is 0.479. The number of halogens is 2. The van der Waals surface area contributed by atoms with E-state index in [-0.39, 0.29) is 11.6 Å². The van der Waals surface area contributed by atoms with Crippen molar-refractivity contribution in [1.29, 1.82) is 0 Å². The number of rotatable bonds is 7. The van der Waals surface area contributed by atoms with Crippen LogP contribution >= 0.6 is 0 Å². The van der Waals surface area contributed by atoms with Crippen LogP contribution in [-0.2, 0) is 6.42 Å². The number of benzene rings is 1. The quantitative estimate of drug-likeness (QED) is 0.719. The van der Waals surface area contributed by atoms with E-state index in [0.29, 0.717) is 12.8 Å². The Hall–Kier alpha value is -1.22. The summed E-state index contributed by atoms with van der Waals surface area (Å²) >= 11 is 0. The van der Waals surface area contributed by atoms with Gasteiger partial charge in [-0.15, -0.1) is 6.58 Å². The second kappa shape index (κ2) is 7.17. The normalized spacial score (nSPS) is 12.4. The lowest BCUT2D eigenvalue weighted by atomic mass is 10.0. The Balaban J connectivity index is 2.74. The van der Waals surface area contributed by atoms with Crippen molar-refractivity contribution >= 4 is 0 Å². The van der Waals surface area contributed by atoms with Crippen LogP contribution in [0, 0.1) is 11.6 Å². The third kappa shape index (κ3) is 4.27. The van der Waals surface area contributed by atoms with E-state index in [9.17, 15) is 8.78 Å². The fraction of sp³-hybridized carbons (Fsp3) is 0.429.